The lowest BCUT2D eigenvalue weighted by Gasteiger charge is -2.44. The van der Waals surface area contributed by atoms with Gasteiger partial charge < -0.3 is 33.4 Å². The Morgan fingerprint density at radius 2 is 1.46 bits per heavy atom. The van der Waals surface area contributed by atoms with E-state index >= 15 is 0 Å². The molecule has 0 aromatic heterocycles. The standard InChI is InChI=1S/C47H60N2O10SSi/c1-34(2)30-49(60(52,53)38-25-23-37(54-7)24-26-38)31-43(58-35(3)50)42(29-36-17-11-8-12-18-36)48-45(51)59-44-32-56-47(41(44)27-28-55-47)33-57-61(46(4,5)6,39-19-13-9-14-20-39)40-21-15-10-16-22-40/h8-26,34,41-44H,27-33H2,1-7H3,(H,48,51)/t41-,42-,43+,44-,47+/m0/s1. The number of hydrogen-bond donors (Lipinski definition) is 1. The van der Waals surface area contributed by atoms with Gasteiger partial charge in [-0.25, -0.2) is 13.2 Å². The van der Waals surface area contributed by atoms with E-state index in [1.165, 1.54) is 30.5 Å². The van der Waals surface area contributed by atoms with Crippen molar-refractivity contribution in [3.05, 3.63) is 121 Å². The summed E-state index contributed by atoms with van der Waals surface area (Å²) in [7, 11) is -5.53. The quantitative estimate of drug-likeness (QED) is 0.0894. The van der Waals surface area contributed by atoms with E-state index in [4.69, 9.17) is 28.1 Å². The summed E-state index contributed by atoms with van der Waals surface area (Å²) in [5.41, 5.74) is 0.839. The molecule has 1 amide bonds. The minimum absolute atomic E-state index is 0.0601. The Bertz CT molecular complexity index is 2110. The Kier molecular flexibility index (Phi) is 14.8. The van der Waals surface area contributed by atoms with E-state index in [0.29, 0.717) is 18.8 Å². The van der Waals surface area contributed by atoms with Gasteiger partial charge in [0.15, 0.2) is 5.79 Å². The predicted octanol–water partition coefficient (Wildman–Crippen LogP) is 6.32. The molecule has 0 radical (unpaired) electrons. The molecule has 4 aromatic carbocycles. The van der Waals surface area contributed by atoms with Crippen LogP contribution in [0.3, 0.4) is 0 Å². The van der Waals surface area contributed by atoms with Gasteiger partial charge in [0.1, 0.15) is 18.0 Å². The van der Waals surface area contributed by atoms with Crippen LogP contribution in [-0.2, 0) is 44.6 Å². The van der Waals surface area contributed by atoms with Crippen molar-refractivity contribution >= 4 is 40.8 Å². The molecule has 2 saturated heterocycles. The zero-order valence-electron chi connectivity index (χ0n) is 36.2. The van der Waals surface area contributed by atoms with Crippen LogP contribution in [0.1, 0.15) is 53.5 Å². The molecule has 2 fully saturated rings. The van der Waals surface area contributed by atoms with Crippen LogP contribution in [0.2, 0.25) is 5.04 Å². The molecule has 0 saturated carbocycles. The average molecular weight is 873 g/mol. The number of rotatable bonds is 18. The lowest BCUT2D eigenvalue weighted by Crippen LogP contribution is -2.67. The molecule has 2 aliphatic rings. The molecule has 2 aliphatic heterocycles. The third kappa shape index (κ3) is 10.6. The summed E-state index contributed by atoms with van der Waals surface area (Å²) in [4.78, 5) is 26.9. The maximum atomic E-state index is 14.2. The van der Waals surface area contributed by atoms with Crippen LogP contribution in [0.5, 0.6) is 5.75 Å². The number of hydrogen-bond acceptors (Lipinski definition) is 10. The molecule has 0 unspecified atom stereocenters. The summed E-state index contributed by atoms with van der Waals surface area (Å²) in [5, 5.41) is 4.95. The SMILES string of the molecule is COc1ccc(S(=O)(=O)N(CC(C)C)C[C@@H](OC(C)=O)[C@H](Cc2ccccc2)NC(=O)O[C@H]2CO[C@@]3(CO[Si](c4ccccc4)(c4ccccc4)C(C)(C)C)OCC[C@@H]23)cc1. The minimum atomic E-state index is -4.08. The van der Waals surface area contributed by atoms with Crippen molar-refractivity contribution < 1.29 is 46.1 Å². The molecule has 0 spiro atoms. The number of carbonyl (C=O) groups is 2. The highest BCUT2D eigenvalue weighted by atomic mass is 32.2. The third-order valence-corrected chi connectivity index (χ3v) is 18.3. The largest absolute Gasteiger partial charge is 0.497 e. The number of fused-ring (bicyclic) bond motifs is 1. The summed E-state index contributed by atoms with van der Waals surface area (Å²) in [6, 6.07) is 35.3. The second-order valence-corrected chi connectivity index (χ2v) is 23.5. The maximum absolute atomic E-state index is 14.2. The summed E-state index contributed by atoms with van der Waals surface area (Å²) >= 11 is 0. The molecule has 14 heteroatoms. The topological polar surface area (TPSA) is 139 Å². The fourth-order valence-electron chi connectivity index (χ4n) is 8.62. The number of alkyl carbamates (subject to hydrolysis) is 1. The molecule has 1 N–H and O–H groups in total. The number of carbonyl (C=O) groups excluding carboxylic acids is 2. The average Bonchev–Trinajstić information content (AvgIpc) is 3.80. The van der Waals surface area contributed by atoms with E-state index in [9.17, 15) is 18.0 Å². The molecule has 61 heavy (non-hydrogen) atoms. The van der Waals surface area contributed by atoms with Gasteiger partial charge in [-0.3, -0.25) is 4.79 Å². The Hall–Kier alpha value is -4.57. The second kappa shape index (κ2) is 19.6. The van der Waals surface area contributed by atoms with Crippen LogP contribution in [0.15, 0.2) is 120 Å². The Morgan fingerprint density at radius 3 is 2.00 bits per heavy atom. The highest BCUT2D eigenvalue weighted by Crippen LogP contribution is 2.45. The number of benzene rings is 4. The third-order valence-electron chi connectivity index (χ3n) is 11.5. The van der Waals surface area contributed by atoms with E-state index in [0.717, 1.165) is 15.9 Å². The van der Waals surface area contributed by atoms with Gasteiger partial charge in [-0.15, -0.1) is 0 Å². The Labute approximate surface area is 362 Å². The van der Waals surface area contributed by atoms with Crippen molar-refractivity contribution in [3.8, 4) is 5.75 Å². The van der Waals surface area contributed by atoms with Crippen LogP contribution in [0.4, 0.5) is 4.79 Å². The fraction of sp³-hybridized carbons (Fsp3) is 0.447. The first-order valence-corrected chi connectivity index (χ1v) is 24.3. The van der Waals surface area contributed by atoms with Gasteiger partial charge in [-0.05, 0) is 64.0 Å². The Morgan fingerprint density at radius 1 is 0.869 bits per heavy atom. The molecular weight excluding hydrogens is 813 g/mol. The normalized spacial score (nSPS) is 20.2. The first-order chi connectivity index (χ1) is 29.1. The van der Waals surface area contributed by atoms with Crippen molar-refractivity contribution in [2.45, 2.75) is 88.4 Å². The van der Waals surface area contributed by atoms with Crippen molar-refractivity contribution in [1.82, 2.24) is 9.62 Å². The Balaban J connectivity index is 1.25. The highest BCUT2D eigenvalue weighted by Gasteiger charge is 2.59. The van der Waals surface area contributed by atoms with Gasteiger partial charge >= 0.3 is 12.1 Å². The molecule has 6 rings (SSSR count). The molecule has 0 aliphatic carbocycles. The first kappa shape index (κ1) is 45.9. The van der Waals surface area contributed by atoms with Gasteiger partial charge in [0, 0.05) is 13.5 Å². The summed E-state index contributed by atoms with van der Waals surface area (Å²) < 4.78 is 67.1. The molecule has 4 aromatic rings. The van der Waals surface area contributed by atoms with E-state index in [2.05, 4.69) is 50.4 Å². The van der Waals surface area contributed by atoms with Crippen LogP contribution in [-0.4, -0.2) is 97.2 Å². The number of nitrogens with one attached hydrogen (secondary N) is 1. The van der Waals surface area contributed by atoms with Crippen LogP contribution < -0.4 is 20.4 Å². The van der Waals surface area contributed by atoms with Gasteiger partial charge in [0.25, 0.3) is 8.32 Å². The number of nitrogens with zero attached hydrogens (tertiary/aromatic N) is 1. The number of ether oxygens (including phenoxy) is 5. The smallest absolute Gasteiger partial charge is 0.407 e. The van der Waals surface area contributed by atoms with Crippen molar-refractivity contribution in [1.29, 1.82) is 0 Å². The number of esters is 1. The predicted molar refractivity (Wildman–Crippen MR) is 236 cm³/mol. The van der Waals surface area contributed by atoms with E-state index < -0.39 is 54.4 Å². The van der Waals surface area contributed by atoms with Crippen LogP contribution >= 0.6 is 0 Å². The summed E-state index contributed by atoms with van der Waals surface area (Å²) in [6.45, 7) is 12.2. The molecule has 328 valence electrons. The lowest BCUT2D eigenvalue weighted by molar-refractivity contribution is -0.213. The van der Waals surface area contributed by atoms with Gasteiger partial charge in [-0.1, -0.05) is 126 Å². The zero-order valence-corrected chi connectivity index (χ0v) is 38.1. The lowest BCUT2D eigenvalue weighted by atomic mass is 9.95. The first-order valence-electron chi connectivity index (χ1n) is 20.9. The molecule has 12 nitrogen and oxygen atoms in total. The maximum Gasteiger partial charge on any atom is 0.407 e. The van der Waals surface area contributed by atoms with Crippen molar-refractivity contribution in [2.75, 3.05) is 40.0 Å². The van der Waals surface area contributed by atoms with Gasteiger partial charge in [-0.2, -0.15) is 4.31 Å². The van der Waals surface area contributed by atoms with Gasteiger partial charge in [0.2, 0.25) is 10.0 Å². The minimum Gasteiger partial charge on any atom is -0.497 e. The molecule has 2 heterocycles. The van der Waals surface area contributed by atoms with Gasteiger partial charge in [0.05, 0.1) is 50.3 Å². The summed E-state index contributed by atoms with van der Waals surface area (Å²) in [5.74, 6) is -1.66. The van der Waals surface area contributed by atoms with E-state index in [1.54, 1.807) is 12.1 Å². The molecular formula is C47H60N2O10SSi. The second-order valence-electron chi connectivity index (χ2n) is 17.2. The summed E-state index contributed by atoms with van der Waals surface area (Å²) in [6.07, 6.45) is -1.72. The number of amides is 1. The number of methoxy groups -OCH3 is 1. The van der Waals surface area contributed by atoms with Crippen molar-refractivity contribution in [2.24, 2.45) is 11.8 Å². The van der Waals surface area contributed by atoms with Crippen LogP contribution in [0.25, 0.3) is 0 Å². The molecule has 5 atom stereocenters. The van der Waals surface area contributed by atoms with E-state index in [-0.39, 0.29) is 54.5 Å². The fourth-order valence-corrected chi connectivity index (χ4v) is 14.8. The van der Waals surface area contributed by atoms with Crippen molar-refractivity contribution in [3.63, 3.8) is 0 Å². The van der Waals surface area contributed by atoms with E-state index in [1.807, 2.05) is 80.6 Å². The zero-order chi connectivity index (χ0) is 43.8. The highest BCUT2D eigenvalue weighted by molar-refractivity contribution is 7.89. The number of sulfonamides is 1. The van der Waals surface area contributed by atoms with Crippen LogP contribution in [0, 0.1) is 11.8 Å². The molecule has 0 bridgehead atoms. The monoisotopic (exact) mass is 872 g/mol.